The third kappa shape index (κ3) is 5.42. The first-order valence-electron chi connectivity index (χ1n) is 5.79. The molecule has 3 N–H and O–H groups in total. The highest BCUT2D eigenvalue weighted by Gasteiger charge is 2.17. The molecule has 0 aliphatic carbocycles. The van der Waals surface area contributed by atoms with Crippen molar-refractivity contribution in [3.8, 4) is 0 Å². The second kappa shape index (κ2) is 7.12. The van der Waals surface area contributed by atoms with Gasteiger partial charge < -0.3 is 11.1 Å². The zero-order chi connectivity index (χ0) is 11.1. The number of thioether (sulfide) groups is 1. The molecule has 88 valence electrons. The molecule has 0 radical (unpaired) electrons. The van der Waals surface area contributed by atoms with Crippen molar-refractivity contribution < 1.29 is 4.79 Å². The Labute approximate surface area is 96.6 Å². The maximum absolute atomic E-state index is 11.6. The Bertz CT molecular complexity index is 193. The van der Waals surface area contributed by atoms with E-state index in [9.17, 15) is 4.79 Å². The normalized spacial score (nSPS) is 22.7. The van der Waals surface area contributed by atoms with Crippen LogP contribution in [0.4, 0.5) is 0 Å². The molecule has 0 bridgehead atoms. The molecule has 0 aromatic rings. The van der Waals surface area contributed by atoms with E-state index in [1.165, 1.54) is 5.75 Å². The van der Waals surface area contributed by atoms with Gasteiger partial charge in [-0.05, 0) is 37.5 Å². The lowest BCUT2D eigenvalue weighted by atomic mass is 10.0. The summed E-state index contributed by atoms with van der Waals surface area (Å²) in [6.07, 6.45) is 3.77. The van der Waals surface area contributed by atoms with Crippen molar-refractivity contribution in [2.75, 3.05) is 18.1 Å². The van der Waals surface area contributed by atoms with E-state index in [0.29, 0.717) is 18.4 Å². The van der Waals surface area contributed by atoms with E-state index in [1.807, 2.05) is 11.8 Å². The van der Waals surface area contributed by atoms with E-state index in [1.54, 1.807) is 0 Å². The summed E-state index contributed by atoms with van der Waals surface area (Å²) < 4.78 is 0. The molecule has 0 aromatic carbocycles. The zero-order valence-corrected chi connectivity index (χ0v) is 10.3. The van der Waals surface area contributed by atoms with Crippen molar-refractivity contribution in [2.24, 2.45) is 11.7 Å². The van der Waals surface area contributed by atoms with Crippen LogP contribution in [0.15, 0.2) is 0 Å². The third-order valence-electron chi connectivity index (χ3n) is 2.82. The molecule has 2 atom stereocenters. The summed E-state index contributed by atoms with van der Waals surface area (Å²) in [5.41, 5.74) is 5.46. The molecule has 1 fully saturated rings. The first-order valence-corrected chi connectivity index (χ1v) is 6.95. The minimum atomic E-state index is 0.214. The van der Waals surface area contributed by atoms with Gasteiger partial charge in [0.25, 0.3) is 0 Å². The smallest absolute Gasteiger partial charge is 0.220 e. The van der Waals surface area contributed by atoms with Crippen molar-refractivity contribution in [2.45, 2.75) is 38.6 Å². The van der Waals surface area contributed by atoms with Crippen LogP contribution in [0.3, 0.4) is 0 Å². The standard InChI is InChI=1S/C11H22N2OS/c1-9(4-6-12)2-3-11(14)13-10-5-7-15-8-10/h9-10H,2-8,12H2,1H3,(H,13,14). The van der Waals surface area contributed by atoms with Crippen molar-refractivity contribution >= 4 is 17.7 Å². The fraction of sp³-hybridized carbons (Fsp3) is 0.909. The zero-order valence-electron chi connectivity index (χ0n) is 9.50. The average molecular weight is 230 g/mol. The number of nitrogens with one attached hydrogen (secondary N) is 1. The molecule has 4 heteroatoms. The fourth-order valence-corrected chi connectivity index (χ4v) is 2.91. The lowest BCUT2D eigenvalue weighted by molar-refractivity contribution is -0.121. The van der Waals surface area contributed by atoms with Gasteiger partial charge in [-0.15, -0.1) is 0 Å². The molecule has 1 aliphatic heterocycles. The van der Waals surface area contributed by atoms with Crippen molar-refractivity contribution in [1.82, 2.24) is 5.32 Å². The van der Waals surface area contributed by atoms with Gasteiger partial charge >= 0.3 is 0 Å². The Morgan fingerprint density at radius 1 is 1.60 bits per heavy atom. The first kappa shape index (κ1) is 12.8. The predicted molar refractivity (Wildman–Crippen MR) is 65.9 cm³/mol. The van der Waals surface area contributed by atoms with E-state index in [0.717, 1.165) is 31.6 Å². The van der Waals surface area contributed by atoms with Crippen molar-refractivity contribution in [3.05, 3.63) is 0 Å². The van der Waals surface area contributed by atoms with Gasteiger partial charge in [0.15, 0.2) is 0 Å². The molecular formula is C11H22N2OS. The van der Waals surface area contributed by atoms with Crippen LogP contribution >= 0.6 is 11.8 Å². The summed E-state index contributed by atoms with van der Waals surface area (Å²) >= 11 is 1.93. The van der Waals surface area contributed by atoms with Crippen LogP contribution in [0.2, 0.25) is 0 Å². The molecule has 0 spiro atoms. The number of hydrogen-bond acceptors (Lipinski definition) is 3. The van der Waals surface area contributed by atoms with Crippen LogP contribution in [0, 0.1) is 5.92 Å². The average Bonchev–Trinajstić information content (AvgIpc) is 2.68. The van der Waals surface area contributed by atoms with Gasteiger partial charge in [-0.2, -0.15) is 11.8 Å². The van der Waals surface area contributed by atoms with Gasteiger partial charge in [0.05, 0.1) is 0 Å². The van der Waals surface area contributed by atoms with Crippen molar-refractivity contribution in [1.29, 1.82) is 0 Å². The molecular weight excluding hydrogens is 208 g/mol. The van der Waals surface area contributed by atoms with Crippen LogP contribution in [0.1, 0.15) is 32.6 Å². The molecule has 1 heterocycles. The van der Waals surface area contributed by atoms with E-state index in [-0.39, 0.29) is 5.91 Å². The first-order chi connectivity index (χ1) is 7.22. The highest BCUT2D eigenvalue weighted by molar-refractivity contribution is 7.99. The largest absolute Gasteiger partial charge is 0.353 e. The summed E-state index contributed by atoms with van der Waals surface area (Å²) in [4.78, 5) is 11.6. The van der Waals surface area contributed by atoms with Crippen LogP contribution in [-0.4, -0.2) is 30.0 Å². The Morgan fingerprint density at radius 2 is 2.40 bits per heavy atom. The monoisotopic (exact) mass is 230 g/mol. The molecule has 1 saturated heterocycles. The van der Waals surface area contributed by atoms with Gasteiger partial charge in [-0.25, -0.2) is 0 Å². The van der Waals surface area contributed by atoms with E-state index < -0.39 is 0 Å². The Kier molecular flexibility index (Phi) is 6.10. The minimum absolute atomic E-state index is 0.214. The highest BCUT2D eigenvalue weighted by Crippen LogP contribution is 2.17. The maximum atomic E-state index is 11.6. The van der Waals surface area contributed by atoms with Crippen LogP contribution < -0.4 is 11.1 Å². The SMILES string of the molecule is CC(CCN)CCC(=O)NC1CCSC1. The highest BCUT2D eigenvalue weighted by atomic mass is 32.2. The second-order valence-electron chi connectivity index (χ2n) is 4.35. The lowest BCUT2D eigenvalue weighted by Gasteiger charge is -2.13. The van der Waals surface area contributed by atoms with E-state index in [2.05, 4.69) is 12.2 Å². The minimum Gasteiger partial charge on any atom is -0.353 e. The molecule has 1 aliphatic rings. The summed E-state index contributed by atoms with van der Waals surface area (Å²) in [5.74, 6) is 3.06. The maximum Gasteiger partial charge on any atom is 0.220 e. The topological polar surface area (TPSA) is 55.1 Å². The summed E-state index contributed by atoms with van der Waals surface area (Å²) in [5, 5.41) is 3.09. The number of carbonyl (C=O) groups excluding carboxylic acids is 1. The lowest BCUT2D eigenvalue weighted by Crippen LogP contribution is -2.34. The van der Waals surface area contributed by atoms with Gasteiger partial charge in [0.2, 0.25) is 5.91 Å². The number of carbonyl (C=O) groups is 1. The van der Waals surface area contributed by atoms with E-state index >= 15 is 0 Å². The number of amides is 1. The Hall–Kier alpha value is -0.220. The van der Waals surface area contributed by atoms with E-state index in [4.69, 9.17) is 5.73 Å². The molecule has 0 saturated carbocycles. The Balaban J connectivity index is 2.07. The van der Waals surface area contributed by atoms with Gasteiger partial charge in [0, 0.05) is 18.2 Å². The van der Waals surface area contributed by atoms with Crippen molar-refractivity contribution in [3.63, 3.8) is 0 Å². The molecule has 3 nitrogen and oxygen atoms in total. The third-order valence-corrected chi connectivity index (χ3v) is 3.98. The quantitative estimate of drug-likeness (QED) is 0.724. The molecule has 2 unspecified atom stereocenters. The van der Waals surface area contributed by atoms with Crippen LogP contribution in [0.25, 0.3) is 0 Å². The number of rotatable bonds is 6. The van der Waals surface area contributed by atoms with Gasteiger partial charge in [-0.3, -0.25) is 4.79 Å². The van der Waals surface area contributed by atoms with Crippen LogP contribution in [-0.2, 0) is 4.79 Å². The molecule has 15 heavy (non-hydrogen) atoms. The second-order valence-corrected chi connectivity index (χ2v) is 5.50. The van der Waals surface area contributed by atoms with Gasteiger partial charge in [0.1, 0.15) is 0 Å². The fourth-order valence-electron chi connectivity index (χ4n) is 1.75. The predicted octanol–water partition coefficient (Wildman–Crippen LogP) is 1.37. The van der Waals surface area contributed by atoms with Crippen LogP contribution in [0.5, 0.6) is 0 Å². The van der Waals surface area contributed by atoms with Gasteiger partial charge in [-0.1, -0.05) is 6.92 Å². The summed E-state index contributed by atoms with van der Waals surface area (Å²) in [6.45, 7) is 2.88. The number of hydrogen-bond donors (Lipinski definition) is 2. The molecule has 1 amide bonds. The number of nitrogens with two attached hydrogens (primary N) is 1. The molecule has 0 aromatic heterocycles. The molecule has 1 rings (SSSR count). The summed E-state index contributed by atoms with van der Waals surface area (Å²) in [7, 11) is 0. The Morgan fingerprint density at radius 3 is 3.00 bits per heavy atom. The summed E-state index contributed by atoms with van der Waals surface area (Å²) in [6, 6.07) is 0.423.